The standard InChI is InChI=1S/C15H23N3O.2ClH/c16-14(12-13-6-2-1-3-7-13)15(19)17-8-11-18-9-4-5-10-18;;/h1-3,6-7,14H,4-5,8-12,16H2,(H,17,19);2*1H/t14-;;/m0../s1. The highest BCUT2D eigenvalue weighted by atomic mass is 35.5. The van der Waals surface area contributed by atoms with E-state index in [0.717, 1.165) is 25.2 Å². The highest BCUT2D eigenvalue weighted by Gasteiger charge is 2.15. The van der Waals surface area contributed by atoms with Crippen molar-refractivity contribution in [1.82, 2.24) is 10.2 Å². The van der Waals surface area contributed by atoms with Crippen molar-refractivity contribution < 1.29 is 4.79 Å². The molecule has 120 valence electrons. The molecule has 0 unspecified atom stereocenters. The van der Waals surface area contributed by atoms with Crippen molar-refractivity contribution in [3.63, 3.8) is 0 Å². The maximum atomic E-state index is 11.9. The molecule has 1 atom stereocenters. The number of nitrogens with zero attached hydrogens (tertiary/aromatic N) is 1. The number of carbonyl (C=O) groups excluding carboxylic acids is 1. The predicted molar refractivity (Wildman–Crippen MR) is 91.3 cm³/mol. The lowest BCUT2D eigenvalue weighted by molar-refractivity contribution is -0.122. The van der Waals surface area contributed by atoms with Crippen LogP contribution in [0.4, 0.5) is 0 Å². The third-order valence-electron chi connectivity index (χ3n) is 3.56. The molecule has 4 nitrogen and oxygen atoms in total. The second-order valence-corrected chi connectivity index (χ2v) is 5.14. The van der Waals surface area contributed by atoms with E-state index in [1.165, 1.54) is 12.8 Å². The van der Waals surface area contributed by atoms with Gasteiger partial charge in [-0.1, -0.05) is 30.3 Å². The third-order valence-corrected chi connectivity index (χ3v) is 3.56. The molecule has 0 aromatic heterocycles. The molecule has 2 rings (SSSR count). The van der Waals surface area contributed by atoms with Crippen molar-refractivity contribution in [3.05, 3.63) is 35.9 Å². The lowest BCUT2D eigenvalue weighted by Gasteiger charge is -2.16. The molecule has 0 aliphatic carbocycles. The Bertz CT molecular complexity index is 397. The molecule has 1 aliphatic heterocycles. The number of carbonyl (C=O) groups is 1. The van der Waals surface area contributed by atoms with Gasteiger partial charge in [-0.25, -0.2) is 0 Å². The van der Waals surface area contributed by atoms with E-state index in [4.69, 9.17) is 5.73 Å². The van der Waals surface area contributed by atoms with Crippen LogP contribution in [0.25, 0.3) is 0 Å². The lowest BCUT2D eigenvalue weighted by Crippen LogP contribution is -2.44. The zero-order valence-electron chi connectivity index (χ0n) is 12.2. The van der Waals surface area contributed by atoms with Gasteiger partial charge in [-0.3, -0.25) is 4.79 Å². The molecule has 0 bridgehead atoms. The zero-order valence-corrected chi connectivity index (χ0v) is 13.8. The molecule has 1 amide bonds. The summed E-state index contributed by atoms with van der Waals surface area (Å²) in [6.45, 7) is 3.95. The third kappa shape index (κ3) is 7.14. The summed E-state index contributed by atoms with van der Waals surface area (Å²) in [6.07, 6.45) is 3.15. The highest BCUT2D eigenvalue weighted by molar-refractivity contribution is 5.85. The Morgan fingerprint density at radius 1 is 1.19 bits per heavy atom. The molecule has 1 aromatic rings. The minimum atomic E-state index is -0.457. The van der Waals surface area contributed by atoms with E-state index >= 15 is 0 Å². The average molecular weight is 334 g/mol. The Morgan fingerprint density at radius 3 is 2.43 bits per heavy atom. The second kappa shape index (κ2) is 10.9. The van der Waals surface area contributed by atoms with Crippen molar-refractivity contribution in [2.75, 3.05) is 26.2 Å². The summed E-state index contributed by atoms with van der Waals surface area (Å²) < 4.78 is 0. The van der Waals surface area contributed by atoms with Crippen LogP contribution in [-0.4, -0.2) is 43.0 Å². The van der Waals surface area contributed by atoms with Crippen LogP contribution in [0.15, 0.2) is 30.3 Å². The lowest BCUT2D eigenvalue weighted by atomic mass is 10.1. The molecule has 0 radical (unpaired) electrons. The van der Waals surface area contributed by atoms with Crippen LogP contribution < -0.4 is 11.1 Å². The summed E-state index contributed by atoms with van der Waals surface area (Å²) in [5.74, 6) is -0.0527. The number of rotatable bonds is 6. The van der Waals surface area contributed by atoms with Crippen LogP contribution in [0.1, 0.15) is 18.4 Å². The summed E-state index contributed by atoms with van der Waals surface area (Å²) in [5, 5.41) is 2.92. The molecule has 3 N–H and O–H groups in total. The number of hydrogen-bond donors (Lipinski definition) is 2. The van der Waals surface area contributed by atoms with Gasteiger partial charge >= 0.3 is 0 Å². The van der Waals surface area contributed by atoms with E-state index in [0.29, 0.717) is 13.0 Å². The summed E-state index contributed by atoms with van der Waals surface area (Å²) >= 11 is 0. The molecular weight excluding hydrogens is 309 g/mol. The maximum Gasteiger partial charge on any atom is 0.237 e. The number of halogens is 2. The molecule has 1 fully saturated rings. The first kappa shape index (κ1) is 20.2. The number of nitrogens with two attached hydrogens (primary N) is 1. The van der Waals surface area contributed by atoms with Crippen molar-refractivity contribution >= 4 is 30.7 Å². The largest absolute Gasteiger partial charge is 0.353 e. The van der Waals surface area contributed by atoms with E-state index < -0.39 is 6.04 Å². The Morgan fingerprint density at radius 2 is 1.81 bits per heavy atom. The number of amides is 1. The number of benzene rings is 1. The summed E-state index contributed by atoms with van der Waals surface area (Å²) in [6, 6.07) is 9.43. The number of likely N-dealkylation sites (tertiary alicyclic amines) is 1. The zero-order chi connectivity index (χ0) is 13.5. The van der Waals surface area contributed by atoms with Gasteiger partial charge in [0.05, 0.1) is 6.04 Å². The van der Waals surface area contributed by atoms with Crippen LogP contribution in [0.2, 0.25) is 0 Å². The Kier molecular flexibility index (Phi) is 10.4. The maximum absolute atomic E-state index is 11.9. The minimum Gasteiger partial charge on any atom is -0.353 e. The van der Waals surface area contributed by atoms with Crippen LogP contribution >= 0.6 is 24.8 Å². The topological polar surface area (TPSA) is 58.4 Å². The number of hydrogen-bond acceptors (Lipinski definition) is 3. The molecule has 0 saturated carbocycles. The molecule has 1 heterocycles. The van der Waals surface area contributed by atoms with E-state index in [2.05, 4.69) is 10.2 Å². The fourth-order valence-corrected chi connectivity index (χ4v) is 2.44. The van der Waals surface area contributed by atoms with Crippen molar-refractivity contribution in [1.29, 1.82) is 0 Å². The summed E-state index contributed by atoms with van der Waals surface area (Å²) in [4.78, 5) is 14.2. The summed E-state index contributed by atoms with van der Waals surface area (Å²) in [7, 11) is 0. The fraction of sp³-hybridized carbons (Fsp3) is 0.533. The smallest absolute Gasteiger partial charge is 0.237 e. The predicted octanol–water partition coefficient (Wildman–Crippen LogP) is 1.61. The van der Waals surface area contributed by atoms with Crippen molar-refractivity contribution in [3.8, 4) is 0 Å². The van der Waals surface area contributed by atoms with Crippen molar-refractivity contribution in [2.24, 2.45) is 5.73 Å². The van der Waals surface area contributed by atoms with E-state index in [1.54, 1.807) is 0 Å². The first-order valence-electron chi connectivity index (χ1n) is 7.05. The second-order valence-electron chi connectivity index (χ2n) is 5.14. The highest BCUT2D eigenvalue weighted by Crippen LogP contribution is 2.05. The summed E-state index contributed by atoms with van der Waals surface area (Å²) in [5.41, 5.74) is 7.02. The molecule has 0 spiro atoms. The van der Waals surface area contributed by atoms with E-state index in [-0.39, 0.29) is 30.7 Å². The Balaban J connectivity index is 0.00000200. The fourth-order valence-electron chi connectivity index (χ4n) is 2.44. The van der Waals surface area contributed by atoms with Gasteiger partial charge in [0, 0.05) is 13.1 Å². The van der Waals surface area contributed by atoms with Gasteiger partial charge < -0.3 is 16.0 Å². The van der Waals surface area contributed by atoms with Gasteiger partial charge in [-0.15, -0.1) is 24.8 Å². The van der Waals surface area contributed by atoms with Gasteiger partial charge in [0.1, 0.15) is 0 Å². The molecule has 1 aromatic carbocycles. The van der Waals surface area contributed by atoms with Gasteiger partial charge in [-0.2, -0.15) is 0 Å². The van der Waals surface area contributed by atoms with Gasteiger partial charge in [0.2, 0.25) is 5.91 Å². The average Bonchev–Trinajstić information content (AvgIpc) is 2.93. The van der Waals surface area contributed by atoms with Crippen LogP contribution in [-0.2, 0) is 11.2 Å². The van der Waals surface area contributed by atoms with Crippen LogP contribution in [0.5, 0.6) is 0 Å². The Hall–Kier alpha value is -0.810. The van der Waals surface area contributed by atoms with Gasteiger partial charge in [-0.05, 0) is 37.9 Å². The van der Waals surface area contributed by atoms with Crippen LogP contribution in [0, 0.1) is 0 Å². The minimum absolute atomic E-state index is 0. The molecule has 1 saturated heterocycles. The van der Waals surface area contributed by atoms with E-state index in [1.807, 2.05) is 30.3 Å². The van der Waals surface area contributed by atoms with Crippen LogP contribution in [0.3, 0.4) is 0 Å². The van der Waals surface area contributed by atoms with Gasteiger partial charge in [0.25, 0.3) is 0 Å². The Labute approximate surface area is 139 Å². The molecular formula is C15H25Cl2N3O. The monoisotopic (exact) mass is 333 g/mol. The molecule has 1 aliphatic rings. The molecule has 21 heavy (non-hydrogen) atoms. The SMILES string of the molecule is Cl.Cl.N[C@@H](Cc1ccccc1)C(=O)NCCN1CCCC1. The first-order chi connectivity index (χ1) is 9.25. The molecule has 6 heteroatoms. The number of nitrogens with one attached hydrogen (secondary N) is 1. The first-order valence-corrected chi connectivity index (χ1v) is 7.05. The van der Waals surface area contributed by atoms with E-state index in [9.17, 15) is 4.79 Å². The van der Waals surface area contributed by atoms with Gasteiger partial charge in [0.15, 0.2) is 0 Å². The quantitative estimate of drug-likeness (QED) is 0.831. The normalized spacial score (nSPS) is 15.7. The van der Waals surface area contributed by atoms with Crippen molar-refractivity contribution in [2.45, 2.75) is 25.3 Å².